The highest BCUT2D eigenvalue weighted by Crippen LogP contribution is 2.29. The Hall–Kier alpha value is -0.890. The molecule has 0 heterocycles. The van der Waals surface area contributed by atoms with Crippen molar-refractivity contribution in [2.75, 3.05) is 6.61 Å². The van der Waals surface area contributed by atoms with E-state index < -0.39 is 10.9 Å². The summed E-state index contributed by atoms with van der Waals surface area (Å²) in [6.07, 6.45) is 0. The van der Waals surface area contributed by atoms with Crippen LogP contribution in [0.1, 0.15) is 17.3 Å². The summed E-state index contributed by atoms with van der Waals surface area (Å²) in [7, 11) is 0. The Kier molecular flexibility index (Phi) is 4.48. The number of esters is 1. The van der Waals surface area contributed by atoms with Gasteiger partial charge in [-0.05, 0) is 35.6 Å². The molecule has 0 amide bonds. The Morgan fingerprint density at radius 2 is 2.25 bits per heavy atom. The van der Waals surface area contributed by atoms with Crippen LogP contribution < -0.4 is 0 Å². The monoisotopic (exact) mass is 355 g/mol. The molecule has 1 rings (SSSR count). The van der Waals surface area contributed by atoms with Gasteiger partial charge in [-0.3, -0.25) is 10.1 Å². The van der Waals surface area contributed by atoms with Crippen LogP contribution in [0.25, 0.3) is 0 Å². The lowest BCUT2D eigenvalue weighted by Crippen LogP contribution is -2.06. The Morgan fingerprint density at radius 1 is 1.62 bits per heavy atom. The summed E-state index contributed by atoms with van der Waals surface area (Å²) in [6.45, 7) is 1.86. The van der Waals surface area contributed by atoms with Gasteiger partial charge in [-0.15, -0.1) is 0 Å². The van der Waals surface area contributed by atoms with Crippen LogP contribution in [0.4, 0.5) is 5.69 Å². The van der Waals surface area contributed by atoms with E-state index >= 15 is 0 Å². The third-order valence-corrected chi connectivity index (χ3v) is 3.47. The second-order valence-electron chi connectivity index (χ2n) is 2.77. The van der Waals surface area contributed by atoms with Crippen LogP contribution in [0.3, 0.4) is 0 Å². The van der Waals surface area contributed by atoms with Gasteiger partial charge in [-0.25, -0.2) is 4.79 Å². The number of nitrogens with zero attached hydrogens (tertiary/aromatic N) is 1. The van der Waals surface area contributed by atoms with Gasteiger partial charge in [-0.1, -0.05) is 11.6 Å². The average molecular weight is 356 g/mol. The van der Waals surface area contributed by atoms with Crippen molar-refractivity contribution in [1.82, 2.24) is 0 Å². The van der Waals surface area contributed by atoms with Crippen molar-refractivity contribution in [3.63, 3.8) is 0 Å². The minimum absolute atomic E-state index is 0.0824. The molecule has 0 aromatic heterocycles. The third kappa shape index (κ3) is 2.82. The molecule has 0 unspecified atom stereocenters. The second kappa shape index (κ2) is 5.44. The Balaban J connectivity index is 3.24. The summed E-state index contributed by atoms with van der Waals surface area (Å²) >= 11 is 7.54. The molecule has 1 aromatic rings. The van der Waals surface area contributed by atoms with Gasteiger partial charge in [0, 0.05) is 6.07 Å². The van der Waals surface area contributed by atoms with Gasteiger partial charge in [0.15, 0.2) is 0 Å². The fourth-order valence-electron chi connectivity index (χ4n) is 1.04. The van der Waals surface area contributed by atoms with E-state index in [4.69, 9.17) is 16.3 Å². The predicted molar refractivity (Wildman–Crippen MR) is 66.8 cm³/mol. The Bertz CT molecular complexity index is 449. The molecule has 0 radical (unpaired) electrons. The first-order chi connectivity index (χ1) is 7.47. The lowest BCUT2D eigenvalue weighted by atomic mass is 10.2. The highest BCUT2D eigenvalue weighted by molar-refractivity contribution is 14.1. The zero-order valence-corrected chi connectivity index (χ0v) is 11.1. The van der Waals surface area contributed by atoms with E-state index in [-0.39, 0.29) is 22.9 Å². The first kappa shape index (κ1) is 13.2. The van der Waals surface area contributed by atoms with Crippen LogP contribution in [0.5, 0.6) is 0 Å². The maximum absolute atomic E-state index is 11.4. The standard InChI is InChI=1S/C9H7ClINO4/c1-2-16-9(13)5-3-6(10)8(11)7(4-5)12(14)15/h3-4H,2H2,1H3. The molecule has 0 saturated heterocycles. The molecule has 5 nitrogen and oxygen atoms in total. The van der Waals surface area contributed by atoms with Gasteiger partial charge in [0.25, 0.3) is 5.69 Å². The van der Waals surface area contributed by atoms with E-state index in [2.05, 4.69) is 0 Å². The highest BCUT2D eigenvalue weighted by Gasteiger charge is 2.20. The van der Waals surface area contributed by atoms with Crippen LogP contribution >= 0.6 is 34.2 Å². The summed E-state index contributed by atoms with van der Waals surface area (Å²) in [5.74, 6) is -0.621. The number of halogens is 2. The van der Waals surface area contributed by atoms with E-state index in [1.54, 1.807) is 29.5 Å². The molecule has 7 heteroatoms. The van der Waals surface area contributed by atoms with E-state index in [9.17, 15) is 14.9 Å². The van der Waals surface area contributed by atoms with Crippen molar-refractivity contribution in [2.45, 2.75) is 6.92 Å². The topological polar surface area (TPSA) is 69.4 Å². The largest absolute Gasteiger partial charge is 0.462 e. The number of benzene rings is 1. The zero-order valence-electron chi connectivity index (χ0n) is 8.20. The molecule has 0 atom stereocenters. The molecule has 16 heavy (non-hydrogen) atoms. The first-order valence-electron chi connectivity index (χ1n) is 4.28. The molecule has 0 N–H and O–H groups in total. The number of hydrogen-bond donors (Lipinski definition) is 0. The number of hydrogen-bond acceptors (Lipinski definition) is 4. The third-order valence-electron chi connectivity index (χ3n) is 1.72. The summed E-state index contributed by atoms with van der Waals surface area (Å²) in [5.41, 5.74) is -0.116. The van der Waals surface area contributed by atoms with Crippen molar-refractivity contribution in [3.05, 3.63) is 36.4 Å². The molecule has 0 bridgehead atoms. The zero-order chi connectivity index (χ0) is 12.3. The molecule has 0 aliphatic heterocycles. The number of ether oxygens (including phenoxy) is 1. The second-order valence-corrected chi connectivity index (χ2v) is 4.25. The van der Waals surface area contributed by atoms with Crippen molar-refractivity contribution >= 4 is 45.8 Å². The number of carbonyl (C=O) groups is 1. The normalized spacial score (nSPS) is 9.94. The molecule has 0 spiro atoms. The van der Waals surface area contributed by atoms with E-state index in [0.29, 0.717) is 3.57 Å². The fraction of sp³-hybridized carbons (Fsp3) is 0.222. The number of carbonyl (C=O) groups excluding carboxylic acids is 1. The van der Waals surface area contributed by atoms with Gasteiger partial charge < -0.3 is 4.74 Å². The number of nitro benzene ring substituents is 1. The van der Waals surface area contributed by atoms with Crippen molar-refractivity contribution < 1.29 is 14.5 Å². The molecular formula is C9H7ClINO4. The quantitative estimate of drug-likeness (QED) is 0.362. The van der Waals surface area contributed by atoms with Gasteiger partial charge >= 0.3 is 5.97 Å². The lowest BCUT2D eigenvalue weighted by molar-refractivity contribution is -0.385. The van der Waals surface area contributed by atoms with Crippen LogP contribution in [-0.2, 0) is 4.74 Å². The maximum atomic E-state index is 11.4. The van der Waals surface area contributed by atoms with Crippen molar-refractivity contribution in [2.24, 2.45) is 0 Å². The van der Waals surface area contributed by atoms with Gasteiger partial charge in [0.05, 0.1) is 22.1 Å². The number of rotatable bonds is 3. The summed E-state index contributed by atoms with van der Waals surface area (Å²) in [5, 5.41) is 10.9. The lowest BCUT2D eigenvalue weighted by Gasteiger charge is -2.04. The summed E-state index contributed by atoms with van der Waals surface area (Å²) in [6, 6.07) is 2.51. The average Bonchev–Trinajstić information content (AvgIpc) is 2.21. The van der Waals surface area contributed by atoms with E-state index in [0.717, 1.165) is 6.07 Å². The predicted octanol–water partition coefficient (Wildman–Crippen LogP) is 3.03. The van der Waals surface area contributed by atoms with E-state index in [1.165, 1.54) is 6.07 Å². The SMILES string of the molecule is CCOC(=O)c1cc(Cl)c(I)c([N+](=O)[O-])c1. The summed E-state index contributed by atoms with van der Waals surface area (Å²) < 4.78 is 5.04. The molecule has 0 aliphatic carbocycles. The summed E-state index contributed by atoms with van der Waals surface area (Å²) in [4.78, 5) is 21.5. The molecule has 1 aromatic carbocycles. The molecule has 0 saturated carbocycles. The van der Waals surface area contributed by atoms with Crippen LogP contribution in [-0.4, -0.2) is 17.5 Å². The minimum Gasteiger partial charge on any atom is -0.462 e. The van der Waals surface area contributed by atoms with E-state index in [1.807, 2.05) is 0 Å². The van der Waals surface area contributed by atoms with Gasteiger partial charge in [-0.2, -0.15) is 0 Å². The highest BCUT2D eigenvalue weighted by atomic mass is 127. The first-order valence-corrected chi connectivity index (χ1v) is 5.73. The Morgan fingerprint density at radius 3 is 2.75 bits per heavy atom. The fourth-order valence-corrected chi connectivity index (χ4v) is 1.76. The van der Waals surface area contributed by atoms with Crippen molar-refractivity contribution in [1.29, 1.82) is 0 Å². The van der Waals surface area contributed by atoms with Crippen LogP contribution in [0.2, 0.25) is 5.02 Å². The van der Waals surface area contributed by atoms with Gasteiger partial charge in [0.1, 0.15) is 3.57 Å². The maximum Gasteiger partial charge on any atom is 0.338 e. The minimum atomic E-state index is -0.621. The van der Waals surface area contributed by atoms with Crippen molar-refractivity contribution in [3.8, 4) is 0 Å². The molecule has 0 fully saturated rings. The van der Waals surface area contributed by atoms with Crippen LogP contribution in [0.15, 0.2) is 12.1 Å². The Labute approximate surface area is 110 Å². The van der Waals surface area contributed by atoms with Gasteiger partial charge in [0.2, 0.25) is 0 Å². The molecular weight excluding hydrogens is 348 g/mol. The molecule has 0 aliphatic rings. The number of nitro groups is 1. The van der Waals surface area contributed by atoms with Crippen LogP contribution in [0, 0.1) is 13.7 Å². The smallest absolute Gasteiger partial charge is 0.338 e. The molecule has 86 valence electrons.